The number of hydrogen-bond acceptors (Lipinski definition) is 7. The van der Waals surface area contributed by atoms with E-state index in [4.69, 9.17) is 25.5 Å². The number of unbranched alkanes of at least 4 members (excludes halogenated alkanes) is 1. The molecule has 11 nitrogen and oxygen atoms in total. The zero-order valence-electron chi connectivity index (χ0n) is 13.2. The standard InChI is InChI=1S/C7H10O6.C7H10O5/c8-4(1-2-6(10)11)3-5(9)7(12)13;8-5(7(11)12)3-1-2-4-6(9)10/h4,8H,1-3H2,(H,10,11)(H,12,13);1-4H2,(H,9,10)(H,11,12). The number of aliphatic carboxylic acids is 4. The molecular weight excluding hydrogens is 344 g/mol. The number of aliphatic hydroxyl groups is 1. The van der Waals surface area contributed by atoms with E-state index >= 15 is 0 Å². The van der Waals surface area contributed by atoms with Crippen LogP contribution >= 0.6 is 0 Å². The second kappa shape index (κ2) is 13.6. The van der Waals surface area contributed by atoms with Crippen molar-refractivity contribution in [2.24, 2.45) is 0 Å². The van der Waals surface area contributed by atoms with Crippen LogP contribution in [0.5, 0.6) is 0 Å². The van der Waals surface area contributed by atoms with Crippen molar-refractivity contribution in [2.75, 3.05) is 0 Å². The van der Waals surface area contributed by atoms with Gasteiger partial charge in [-0.3, -0.25) is 19.2 Å². The summed E-state index contributed by atoms with van der Waals surface area (Å²) in [6.45, 7) is 0. The third-order valence-electron chi connectivity index (χ3n) is 2.63. The van der Waals surface area contributed by atoms with Gasteiger partial charge in [0.25, 0.3) is 0 Å². The first-order valence-electron chi connectivity index (χ1n) is 7.11. The van der Waals surface area contributed by atoms with Gasteiger partial charge in [0.2, 0.25) is 11.6 Å². The third-order valence-corrected chi connectivity index (χ3v) is 2.63. The fraction of sp³-hybridized carbons (Fsp3) is 0.571. The molecule has 0 saturated heterocycles. The summed E-state index contributed by atoms with van der Waals surface area (Å²) in [7, 11) is 0. The van der Waals surface area contributed by atoms with E-state index in [0.717, 1.165) is 0 Å². The molecule has 0 aromatic carbocycles. The molecule has 0 amide bonds. The van der Waals surface area contributed by atoms with Crippen LogP contribution in [0.25, 0.3) is 0 Å². The number of rotatable bonds is 12. The third kappa shape index (κ3) is 17.4. The summed E-state index contributed by atoms with van der Waals surface area (Å²) < 4.78 is 0. The van der Waals surface area contributed by atoms with Gasteiger partial charge in [-0.25, -0.2) is 9.59 Å². The first-order chi connectivity index (χ1) is 11.5. The van der Waals surface area contributed by atoms with Crippen LogP contribution in [-0.4, -0.2) is 67.1 Å². The summed E-state index contributed by atoms with van der Waals surface area (Å²) in [5, 5.41) is 41.6. The van der Waals surface area contributed by atoms with Crippen LogP contribution in [0.3, 0.4) is 0 Å². The Bertz CT molecular complexity index is 509. The number of aliphatic hydroxyl groups excluding tert-OH is 1. The van der Waals surface area contributed by atoms with Crippen LogP contribution in [0.2, 0.25) is 0 Å². The van der Waals surface area contributed by atoms with Gasteiger partial charge in [0.15, 0.2) is 0 Å². The van der Waals surface area contributed by atoms with Crippen LogP contribution in [0.4, 0.5) is 0 Å². The van der Waals surface area contributed by atoms with Crippen molar-refractivity contribution in [3.05, 3.63) is 0 Å². The lowest BCUT2D eigenvalue weighted by Gasteiger charge is -2.05. The number of hydrogen-bond donors (Lipinski definition) is 5. The minimum absolute atomic E-state index is 0.0209. The topological polar surface area (TPSA) is 204 Å². The molecule has 142 valence electrons. The number of carbonyl (C=O) groups is 6. The predicted octanol–water partition coefficient (Wildman–Crippen LogP) is -0.459. The average Bonchev–Trinajstić information content (AvgIpc) is 2.49. The quantitative estimate of drug-likeness (QED) is 0.221. The molecular formula is C14H20O11. The van der Waals surface area contributed by atoms with Crippen molar-refractivity contribution in [2.45, 2.75) is 51.0 Å². The molecule has 0 aromatic rings. The fourth-order valence-corrected chi connectivity index (χ4v) is 1.36. The monoisotopic (exact) mass is 364 g/mol. The summed E-state index contributed by atoms with van der Waals surface area (Å²) in [4.78, 5) is 60.9. The Morgan fingerprint density at radius 1 is 0.640 bits per heavy atom. The maximum atomic E-state index is 10.5. The smallest absolute Gasteiger partial charge is 0.372 e. The van der Waals surface area contributed by atoms with Crippen LogP contribution in [0.1, 0.15) is 44.9 Å². The van der Waals surface area contributed by atoms with Gasteiger partial charge in [0.05, 0.1) is 6.10 Å². The Labute approximate surface area is 141 Å². The second-order valence-corrected chi connectivity index (χ2v) is 4.85. The van der Waals surface area contributed by atoms with E-state index in [1.807, 2.05) is 0 Å². The minimum Gasteiger partial charge on any atom is -0.481 e. The highest BCUT2D eigenvalue weighted by Gasteiger charge is 2.17. The summed E-state index contributed by atoms with van der Waals surface area (Å²) in [5.41, 5.74) is 0. The van der Waals surface area contributed by atoms with Gasteiger partial charge >= 0.3 is 23.9 Å². The maximum Gasteiger partial charge on any atom is 0.372 e. The normalized spacial score (nSPS) is 10.8. The molecule has 0 rings (SSSR count). The molecule has 0 spiro atoms. The van der Waals surface area contributed by atoms with E-state index in [1.165, 1.54) is 0 Å². The van der Waals surface area contributed by atoms with Crippen molar-refractivity contribution in [1.82, 2.24) is 0 Å². The minimum atomic E-state index is -1.62. The van der Waals surface area contributed by atoms with Crippen molar-refractivity contribution < 1.29 is 54.3 Å². The van der Waals surface area contributed by atoms with Gasteiger partial charge in [0.1, 0.15) is 0 Å². The van der Waals surface area contributed by atoms with E-state index < -0.39 is 48.0 Å². The highest BCUT2D eigenvalue weighted by atomic mass is 16.4. The lowest BCUT2D eigenvalue weighted by Crippen LogP contribution is -2.20. The highest BCUT2D eigenvalue weighted by Crippen LogP contribution is 2.02. The Morgan fingerprint density at radius 3 is 1.48 bits per heavy atom. The average molecular weight is 364 g/mol. The molecule has 0 heterocycles. The first-order valence-corrected chi connectivity index (χ1v) is 7.11. The Kier molecular flexibility index (Phi) is 13.3. The molecule has 0 radical (unpaired) electrons. The molecule has 0 aliphatic heterocycles. The SMILES string of the molecule is O=C(O)CCC(O)CC(=O)C(=O)O.O=C(O)CCCCC(=O)C(=O)O. The molecule has 0 bridgehead atoms. The van der Waals surface area contributed by atoms with Crippen LogP contribution in [-0.2, 0) is 28.8 Å². The molecule has 0 aliphatic carbocycles. The van der Waals surface area contributed by atoms with Gasteiger partial charge in [-0.05, 0) is 19.3 Å². The number of carbonyl (C=O) groups excluding carboxylic acids is 2. The zero-order chi connectivity index (χ0) is 20.0. The summed E-state index contributed by atoms with van der Waals surface area (Å²) in [6, 6.07) is 0. The molecule has 25 heavy (non-hydrogen) atoms. The Morgan fingerprint density at radius 2 is 1.08 bits per heavy atom. The Balaban J connectivity index is 0. The summed E-state index contributed by atoms with van der Waals surface area (Å²) >= 11 is 0. The van der Waals surface area contributed by atoms with Crippen molar-refractivity contribution in [1.29, 1.82) is 0 Å². The van der Waals surface area contributed by atoms with Gasteiger partial charge in [-0.1, -0.05) is 0 Å². The molecule has 0 fully saturated rings. The molecule has 11 heteroatoms. The van der Waals surface area contributed by atoms with Crippen LogP contribution < -0.4 is 0 Å². The number of carboxylic acids is 4. The lowest BCUT2D eigenvalue weighted by molar-refractivity contribution is -0.150. The van der Waals surface area contributed by atoms with Gasteiger partial charge in [-0.15, -0.1) is 0 Å². The maximum absolute atomic E-state index is 10.5. The number of carboxylic acid groups (broad SMARTS) is 4. The molecule has 1 unspecified atom stereocenters. The second-order valence-electron chi connectivity index (χ2n) is 4.85. The summed E-state index contributed by atoms with van der Waals surface area (Å²) in [6.07, 6.45) is -1.58. The molecule has 1 atom stereocenters. The van der Waals surface area contributed by atoms with E-state index in [0.29, 0.717) is 12.8 Å². The molecule has 0 saturated carbocycles. The number of Topliss-reactive ketones (excluding diaryl/α,β-unsaturated/α-hetero) is 2. The van der Waals surface area contributed by atoms with Crippen molar-refractivity contribution in [3.8, 4) is 0 Å². The van der Waals surface area contributed by atoms with Crippen molar-refractivity contribution in [3.63, 3.8) is 0 Å². The lowest BCUT2D eigenvalue weighted by atomic mass is 10.1. The molecule has 0 aliphatic rings. The highest BCUT2D eigenvalue weighted by molar-refractivity contribution is 6.33. The van der Waals surface area contributed by atoms with Crippen molar-refractivity contribution >= 4 is 35.4 Å². The Hall–Kier alpha value is -2.82. The first kappa shape index (κ1) is 24.4. The van der Waals surface area contributed by atoms with E-state index in [1.54, 1.807) is 0 Å². The summed E-state index contributed by atoms with van der Waals surface area (Å²) in [5.74, 6) is -7.07. The predicted molar refractivity (Wildman–Crippen MR) is 78.9 cm³/mol. The fourth-order valence-electron chi connectivity index (χ4n) is 1.36. The number of ketones is 2. The van der Waals surface area contributed by atoms with Gasteiger partial charge in [-0.2, -0.15) is 0 Å². The van der Waals surface area contributed by atoms with Gasteiger partial charge < -0.3 is 25.5 Å². The largest absolute Gasteiger partial charge is 0.481 e. The zero-order valence-corrected chi connectivity index (χ0v) is 13.2. The van der Waals surface area contributed by atoms with E-state index in [2.05, 4.69) is 0 Å². The molecule has 0 aromatic heterocycles. The van der Waals surface area contributed by atoms with Gasteiger partial charge in [0, 0.05) is 25.7 Å². The molecule has 5 N–H and O–H groups in total. The van der Waals surface area contributed by atoms with E-state index in [-0.39, 0.29) is 25.7 Å². The van der Waals surface area contributed by atoms with E-state index in [9.17, 15) is 28.8 Å². The van der Waals surface area contributed by atoms with Crippen LogP contribution in [0.15, 0.2) is 0 Å². The van der Waals surface area contributed by atoms with Crippen LogP contribution in [0, 0.1) is 0 Å².